The van der Waals surface area contributed by atoms with Gasteiger partial charge in [-0.1, -0.05) is 53.9 Å². The van der Waals surface area contributed by atoms with E-state index >= 15 is 0 Å². The van der Waals surface area contributed by atoms with Gasteiger partial charge in [0.25, 0.3) is 0 Å². The summed E-state index contributed by atoms with van der Waals surface area (Å²) in [6.45, 7) is 12.8. The first kappa shape index (κ1) is 22.2. The van der Waals surface area contributed by atoms with E-state index in [2.05, 4.69) is 34.6 Å². The first-order valence-electron chi connectivity index (χ1n) is 13.3. The maximum Gasteiger partial charge on any atom is 0.0574 e. The maximum atomic E-state index is 5.79. The van der Waals surface area contributed by atoms with E-state index < -0.39 is 0 Å². The Morgan fingerprint density at radius 3 is 2.28 bits per heavy atom. The highest BCUT2D eigenvalue weighted by atomic mass is 16.5. The highest BCUT2D eigenvalue weighted by Gasteiger charge is 2.60. The van der Waals surface area contributed by atoms with Crippen molar-refractivity contribution < 1.29 is 4.74 Å². The van der Waals surface area contributed by atoms with Crippen LogP contribution in [0.4, 0.5) is 0 Å². The van der Waals surface area contributed by atoms with Crippen LogP contribution < -0.4 is 0 Å². The molecule has 29 heavy (non-hydrogen) atoms. The summed E-state index contributed by atoms with van der Waals surface area (Å²) < 4.78 is 5.79. The van der Waals surface area contributed by atoms with Crippen LogP contribution in [-0.2, 0) is 4.74 Å². The lowest BCUT2D eigenvalue weighted by atomic mass is 9.44. The average Bonchev–Trinajstić information content (AvgIpc) is 3.04. The van der Waals surface area contributed by atoms with Crippen LogP contribution in [0.1, 0.15) is 112 Å². The molecular formula is C28H50O. The Morgan fingerprint density at radius 2 is 1.55 bits per heavy atom. The maximum absolute atomic E-state index is 5.79. The summed E-state index contributed by atoms with van der Waals surface area (Å²) in [7, 11) is 1.94. The molecule has 4 aliphatic rings. The minimum absolute atomic E-state index is 0.543. The van der Waals surface area contributed by atoms with Gasteiger partial charge in [0.2, 0.25) is 0 Å². The topological polar surface area (TPSA) is 9.23 Å². The molecule has 0 heterocycles. The van der Waals surface area contributed by atoms with E-state index in [-0.39, 0.29) is 0 Å². The molecule has 4 aliphatic carbocycles. The molecule has 0 aromatic heterocycles. The van der Waals surface area contributed by atoms with Crippen molar-refractivity contribution in [1.82, 2.24) is 0 Å². The van der Waals surface area contributed by atoms with Crippen LogP contribution in [0.5, 0.6) is 0 Å². The van der Waals surface area contributed by atoms with Gasteiger partial charge in [-0.25, -0.2) is 0 Å². The summed E-state index contributed by atoms with van der Waals surface area (Å²) in [5.74, 6) is 6.79. The van der Waals surface area contributed by atoms with E-state index in [0.29, 0.717) is 16.9 Å². The molecular weight excluding hydrogens is 352 g/mol. The molecule has 1 heteroatoms. The molecule has 4 fully saturated rings. The number of hydrogen-bond donors (Lipinski definition) is 0. The van der Waals surface area contributed by atoms with Crippen LogP contribution in [0, 0.1) is 52.3 Å². The Hall–Kier alpha value is -0.0400. The Morgan fingerprint density at radius 1 is 0.828 bits per heavy atom. The van der Waals surface area contributed by atoms with Gasteiger partial charge in [-0.3, -0.25) is 0 Å². The Kier molecular flexibility index (Phi) is 6.48. The van der Waals surface area contributed by atoms with Crippen LogP contribution in [-0.4, -0.2) is 13.2 Å². The third-order valence-electron chi connectivity index (χ3n) is 11.2. The normalized spacial score (nSPS) is 48.1. The van der Waals surface area contributed by atoms with Crippen LogP contribution >= 0.6 is 0 Å². The van der Waals surface area contributed by atoms with Gasteiger partial charge in [0, 0.05) is 7.11 Å². The van der Waals surface area contributed by atoms with Crippen molar-refractivity contribution in [2.45, 2.75) is 118 Å². The van der Waals surface area contributed by atoms with Gasteiger partial charge in [-0.15, -0.1) is 0 Å². The van der Waals surface area contributed by atoms with Gasteiger partial charge in [0.1, 0.15) is 0 Å². The highest BCUT2D eigenvalue weighted by Crippen LogP contribution is 2.68. The summed E-state index contributed by atoms with van der Waals surface area (Å²) in [5.41, 5.74) is 1.26. The van der Waals surface area contributed by atoms with Gasteiger partial charge in [-0.2, -0.15) is 0 Å². The SMILES string of the molecule is CO[C@H]1CC[C@@]2(C)[C@@H](CC[C@@H]3[C@@H]2CC[C@]2(C)C([C@H](C)CCCC(C)C)CC[C@@H]32)C1. The quantitative estimate of drug-likeness (QED) is 0.436. The van der Waals surface area contributed by atoms with Crippen LogP contribution in [0.2, 0.25) is 0 Å². The second-order valence-electron chi connectivity index (χ2n) is 12.8. The second-order valence-corrected chi connectivity index (χ2v) is 12.8. The zero-order chi connectivity index (χ0) is 20.8. The molecule has 0 aromatic rings. The predicted molar refractivity (Wildman–Crippen MR) is 124 cm³/mol. The fourth-order valence-electron chi connectivity index (χ4n) is 9.46. The summed E-state index contributed by atoms with van der Waals surface area (Å²) in [6, 6.07) is 0. The van der Waals surface area contributed by atoms with Gasteiger partial charge in [0.15, 0.2) is 0 Å². The van der Waals surface area contributed by atoms with Crippen molar-refractivity contribution in [2.75, 3.05) is 7.11 Å². The van der Waals surface area contributed by atoms with Crippen LogP contribution in [0.15, 0.2) is 0 Å². The number of ether oxygens (including phenoxy) is 1. The lowest BCUT2D eigenvalue weighted by Crippen LogP contribution is -2.54. The van der Waals surface area contributed by atoms with Gasteiger partial charge in [0.05, 0.1) is 6.10 Å². The Labute approximate surface area is 182 Å². The Bertz CT molecular complexity index is 555. The van der Waals surface area contributed by atoms with E-state index in [0.717, 1.165) is 41.4 Å². The van der Waals surface area contributed by atoms with E-state index in [4.69, 9.17) is 4.74 Å². The predicted octanol–water partition coefficient (Wildman–Crippen LogP) is 8.12. The molecule has 0 N–H and O–H groups in total. The molecule has 0 aromatic carbocycles. The number of methoxy groups -OCH3 is 1. The summed E-state index contributed by atoms with van der Waals surface area (Å²) in [5, 5.41) is 0. The summed E-state index contributed by atoms with van der Waals surface area (Å²) in [6.07, 6.45) is 18.1. The molecule has 0 spiro atoms. The van der Waals surface area contributed by atoms with Crippen molar-refractivity contribution in [3.63, 3.8) is 0 Å². The van der Waals surface area contributed by atoms with E-state index in [1.54, 1.807) is 0 Å². The zero-order valence-electron chi connectivity index (χ0n) is 20.5. The van der Waals surface area contributed by atoms with Crippen molar-refractivity contribution in [3.05, 3.63) is 0 Å². The fourth-order valence-corrected chi connectivity index (χ4v) is 9.46. The molecule has 0 bridgehead atoms. The summed E-state index contributed by atoms with van der Waals surface area (Å²) in [4.78, 5) is 0. The van der Waals surface area contributed by atoms with Gasteiger partial charge >= 0.3 is 0 Å². The van der Waals surface area contributed by atoms with Crippen molar-refractivity contribution in [3.8, 4) is 0 Å². The van der Waals surface area contributed by atoms with Gasteiger partial charge in [-0.05, 0) is 110 Å². The average molecular weight is 403 g/mol. The van der Waals surface area contributed by atoms with Gasteiger partial charge < -0.3 is 4.74 Å². The number of fused-ring (bicyclic) bond motifs is 5. The number of hydrogen-bond acceptors (Lipinski definition) is 1. The van der Waals surface area contributed by atoms with E-state index in [1.807, 2.05) is 7.11 Å². The van der Waals surface area contributed by atoms with Crippen LogP contribution in [0.25, 0.3) is 0 Å². The van der Waals surface area contributed by atoms with Crippen LogP contribution in [0.3, 0.4) is 0 Å². The molecule has 0 amide bonds. The molecule has 1 unspecified atom stereocenters. The minimum Gasteiger partial charge on any atom is -0.381 e. The van der Waals surface area contributed by atoms with E-state index in [9.17, 15) is 0 Å². The molecule has 1 nitrogen and oxygen atoms in total. The molecule has 4 rings (SSSR count). The fraction of sp³-hybridized carbons (Fsp3) is 1.00. The lowest BCUT2D eigenvalue weighted by Gasteiger charge is -2.61. The first-order chi connectivity index (χ1) is 13.8. The highest BCUT2D eigenvalue weighted by molar-refractivity contribution is 5.09. The molecule has 0 radical (unpaired) electrons. The Balaban J connectivity index is 1.45. The third-order valence-corrected chi connectivity index (χ3v) is 11.2. The van der Waals surface area contributed by atoms with E-state index in [1.165, 1.54) is 77.0 Å². The zero-order valence-corrected chi connectivity index (χ0v) is 20.5. The largest absolute Gasteiger partial charge is 0.381 e. The molecule has 4 saturated carbocycles. The standard InChI is InChI=1S/C28H50O/c1-19(2)8-7-9-20(3)24-12-13-25-23-11-10-21-18-22(29-6)14-16-27(21,4)26(23)15-17-28(24,25)5/h19-26H,7-18H2,1-6H3/t20-,21+,22+,23+,24?,25+,26+,27+,28-/m1/s1. The second kappa shape index (κ2) is 8.48. The minimum atomic E-state index is 0.543. The molecule has 168 valence electrons. The van der Waals surface area contributed by atoms with Crippen molar-refractivity contribution in [1.29, 1.82) is 0 Å². The third kappa shape index (κ3) is 3.85. The molecule has 0 aliphatic heterocycles. The number of rotatable bonds is 6. The first-order valence-corrected chi connectivity index (χ1v) is 13.3. The molecule has 9 atom stereocenters. The lowest BCUT2D eigenvalue weighted by molar-refractivity contribution is -0.133. The van der Waals surface area contributed by atoms with Crippen molar-refractivity contribution in [2.24, 2.45) is 52.3 Å². The van der Waals surface area contributed by atoms with Crippen molar-refractivity contribution >= 4 is 0 Å². The smallest absolute Gasteiger partial charge is 0.0574 e. The molecule has 0 saturated heterocycles. The monoisotopic (exact) mass is 402 g/mol. The summed E-state index contributed by atoms with van der Waals surface area (Å²) >= 11 is 0.